The first-order chi connectivity index (χ1) is 10.8. The van der Waals surface area contributed by atoms with Gasteiger partial charge in [-0.05, 0) is 30.0 Å². The van der Waals surface area contributed by atoms with E-state index < -0.39 is 0 Å². The van der Waals surface area contributed by atoms with Crippen molar-refractivity contribution in [3.8, 4) is 5.75 Å². The van der Waals surface area contributed by atoms with Gasteiger partial charge in [-0.3, -0.25) is 4.79 Å². The number of benzene rings is 2. The lowest BCUT2D eigenvalue weighted by molar-refractivity contribution is -0.122. The van der Waals surface area contributed by atoms with Crippen molar-refractivity contribution in [2.45, 2.75) is 25.7 Å². The second-order valence-electron chi connectivity index (χ2n) is 5.22. The Morgan fingerprint density at radius 2 is 1.77 bits per heavy atom. The summed E-state index contributed by atoms with van der Waals surface area (Å²) in [7, 11) is 1.67. The summed E-state index contributed by atoms with van der Waals surface area (Å²) in [5.41, 5.74) is 2.18. The average Bonchev–Trinajstić information content (AvgIpc) is 2.57. The molecule has 2 rings (SSSR count). The van der Waals surface area contributed by atoms with Crippen molar-refractivity contribution < 1.29 is 9.53 Å². The van der Waals surface area contributed by atoms with Crippen LogP contribution in [-0.4, -0.2) is 19.6 Å². The fourth-order valence-corrected chi connectivity index (χ4v) is 2.61. The number of nitrogens with one attached hydrogen (secondary N) is 1. The van der Waals surface area contributed by atoms with Gasteiger partial charge in [0.05, 0.1) is 13.0 Å². The molecule has 2 aromatic rings. The molecule has 1 N–H and O–H groups in total. The van der Waals surface area contributed by atoms with Crippen molar-refractivity contribution >= 4 is 5.91 Å². The van der Waals surface area contributed by atoms with Gasteiger partial charge in [0.1, 0.15) is 5.75 Å². The quantitative estimate of drug-likeness (QED) is 0.849. The van der Waals surface area contributed by atoms with Gasteiger partial charge in [-0.25, -0.2) is 0 Å². The van der Waals surface area contributed by atoms with Crippen molar-refractivity contribution in [3.05, 3.63) is 65.7 Å². The number of carbonyl (C=O) groups excluding carboxylic acids is 1. The molecule has 1 unspecified atom stereocenters. The fourth-order valence-electron chi connectivity index (χ4n) is 2.61. The molecule has 0 fully saturated rings. The predicted octanol–water partition coefficient (Wildman–Crippen LogP) is 3.55. The lowest BCUT2D eigenvalue weighted by Gasteiger charge is -2.16. The van der Waals surface area contributed by atoms with E-state index in [1.807, 2.05) is 61.5 Å². The van der Waals surface area contributed by atoms with E-state index in [9.17, 15) is 4.79 Å². The normalized spacial score (nSPS) is 11.7. The van der Waals surface area contributed by atoms with Gasteiger partial charge in [0.25, 0.3) is 0 Å². The Hall–Kier alpha value is -2.29. The Kier molecular flexibility index (Phi) is 6.01. The average molecular weight is 297 g/mol. The minimum absolute atomic E-state index is 0.0844. The van der Waals surface area contributed by atoms with Gasteiger partial charge in [0.15, 0.2) is 0 Å². The molecule has 0 saturated heterocycles. The third-order valence-corrected chi connectivity index (χ3v) is 3.81. The smallest absolute Gasteiger partial charge is 0.227 e. The highest BCUT2D eigenvalue weighted by atomic mass is 16.5. The molecule has 0 saturated carbocycles. The zero-order valence-electron chi connectivity index (χ0n) is 13.2. The minimum Gasteiger partial charge on any atom is -0.496 e. The molecule has 0 radical (unpaired) electrons. The predicted molar refractivity (Wildman–Crippen MR) is 89.2 cm³/mol. The molecule has 1 atom stereocenters. The monoisotopic (exact) mass is 297 g/mol. The van der Waals surface area contributed by atoms with Crippen LogP contribution in [0.15, 0.2) is 54.6 Å². The second kappa shape index (κ2) is 8.23. The van der Waals surface area contributed by atoms with E-state index in [1.165, 1.54) is 0 Å². The zero-order valence-corrected chi connectivity index (χ0v) is 13.2. The first-order valence-corrected chi connectivity index (χ1v) is 7.70. The molecule has 0 bridgehead atoms. The summed E-state index contributed by atoms with van der Waals surface area (Å²) in [6.45, 7) is 2.65. The molecular formula is C19H23NO2. The first-order valence-electron chi connectivity index (χ1n) is 7.70. The number of methoxy groups -OCH3 is 1. The highest BCUT2D eigenvalue weighted by molar-refractivity contribution is 5.83. The van der Waals surface area contributed by atoms with E-state index in [0.717, 1.165) is 29.7 Å². The van der Waals surface area contributed by atoms with Gasteiger partial charge in [-0.15, -0.1) is 0 Å². The van der Waals surface area contributed by atoms with E-state index in [4.69, 9.17) is 4.74 Å². The first kappa shape index (κ1) is 16.1. The summed E-state index contributed by atoms with van der Waals surface area (Å²) in [5.74, 6) is 0.870. The molecular weight excluding hydrogens is 274 g/mol. The molecule has 1 amide bonds. The Bertz CT molecular complexity index is 595. The van der Waals surface area contributed by atoms with Crippen LogP contribution in [0.25, 0.3) is 0 Å². The van der Waals surface area contributed by atoms with Crippen molar-refractivity contribution in [2.75, 3.05) is 13.7 Å². The lowest BCUT2D eigenvalue weighted by Crippen LogP contribution is -2.30. The Balaban J connectivity index is 1.92. The number of para-hydroxylation sites is 1. The van der Waals surface area contributed by atoms with Crippen molar-refractivity contribution in [3.63, 3.8) is 0 Å². The Labute approximate surface area is 132 Å². The summed E-state index contributed by atoms with van der Waals surface area (Å²) in [4.78, 5) is 12.4. The molecule has 0 spiro atoms. The van der Waals surface area contributed by atoms with Crippen molar-refractivity contribution in [1.82, 2.24) is 5.32 Å². The number of carbonyl (C=O) groups is 1. The molecule has 3 heteroatoms. The fraction of sp³-hybridized carbons (Fsp3) is 0.316. The zero-order chi connectivity index (χ0) is 15.8. The molecule has 116 valence electrons. The van der Waals surface area contributed by atoms with Crippen LogP contribution < -0.4 is 10.1 Å². The Morgan fingerprint density at radius 3 is 2.45 bits per heavy atom. The number of ether oxygens (including phenoxy) is 1. The summed E-state index contributed by atoms with van der Waals surface area (Å²) >= 11 is 0. The van der Waals surface area contributed by atoms with Gasteiger partial charge in [-0.1, -0.05) is 55.5 Å². The maximum absolute atomic E-state index is 12.4. The van der Waals surface area contributed by atoms with Crippen LogP contribution in [0.1, 0.15) is 30.4 Å². The maximum atomic E-state index is 12.4. The summed E-state index contributed by atoms with van der Waals surface area (Å²) in [6, 6.07) is 17.8. The molecule has 3 nitrogen and oxygen atoms in total. The van der Waals surface area contributed by atoms with Crippen LogP contribution in [0, 0.1) is 0 Å². The van der Waals surface area contributed by atoms with Gasteiger partial charge >= 0.3 is 0 Å². The van der Waals surface area contributed by atoms with E-state index in [1.54, 1.807) is 7.11 Å². The maximum Gasteiger partial charge on any atom is 0.227 e. The number of rotatable bonds is 7. The SMILES string of the molecule is CCC(C(=O)NCCc1ccccc1OC)c1ccccc1. The van der Waals surface area contributed by atoms with Gasteiger partial charge in [0, 0.05) is 6.54 Å². The van der Waals surface area contributed by atoms with E-state index in [0.29, 0.717) is 6.54 Å². The minimum atomic E-state index is -0.0844. The number of hydrogen-bond donors (Lipinski definition) is 1. The third kappa shape index (κ3) is 4.10. The van der Waals surface area contributed by atoms with Crippen LogP contribution in [-0.2, 0) is 11.2 Å². The lowest BCUT2D eigenvalue weighted by atomic mass is 9.95. The van der Waals surface area contributed by atoms with Crippen LogP contribution in [0.5, 0.6) is 5.75 Å². The van der Waals surface area contributed by atoms with E-state index in [-0.39, 0.29) is 11.8 Å². The van der Waals surface area contributed by atoms with Crippen LogP contribution >= 0.6 is 0 Å². The second-order valence-corrected chi connectivity index (χ2v) is 5.22. The standard InChI is InChI=1S/C19H23NO2/c1-3-17(15-9-5-4-6-10-15)19(21)20-14-13-16-11-7-8-12-18(16)22-2/h4-12,17H,3,13-14H2,1-2H3,(H,20,21). The molecule has 22 heavy (non-hydrogen) atoms. The topological polar surface area (TPSA) is 38.3 Å². The largest absolute Gasteiger partial charge is 0.496 e. The highest BCUT2D eigenvalue weighted by Gasteiger charge is 2.17. The summed E-state index contributed by atoms with van der Waals surface area (Å²) in [6.07, 6.45) is 1.56. The molecule has 0 aliphatic heterocycles. The van der Waals surface area contributed by atoms with Crippen LogP contribution in [0.4, 0.5) is 0 Å². The summed E-state index contributed by atoms with van der Waals surface area (Å²) in [5, 5.41) is 3.04. The molecule has 0 heterocycles. The Morgan fingerprint density at radius 1 is 1.09 bits per heavy atom. The summed E-state index contributed by atoms with van der Waals surface area (Å²) < 4.78 is 5.33. The van der Waals surface area contributed by atoms with Crippen molar-refractivity contribution in [1.29, 1.82) is 0 Å². The van der Waals surface area contributed by atoms with Gasteiger partial charge in [0.2, 0.25) is 5.91 Å². The van der Waals surface area contributed by atoms with Gasteiger partial charge < -0.3 is 10.1 Å². The molecule has 0 aromatic heterocycles. The van der Waals surface area contributed by atoms with Gasteiger partial charge in [-0.2, -0.15) is 0 Å². The molecule has 0 aliphatic rings. The van der Waals surface area contributed by atoms with Crippen molar-refractivity contribution in [2.24, 2.45) is 0 Å². The molecule has 2 aromatic carbocycles. The van der Waals surface area contributed by atoms with E-state index >= 15 is 0 Å². The number of hydrogen-bond acceptors (Lipinski definition) is 2. The third-order valence-electron chi connectivity index (χ3n) is 3.81. The molecule has 0 aliphatic carbocycles. The highest BCUT2D eigenvalue weighted by Crippen LogP contribution is 2.20. The van der Waals surface area contributed by atoms with Crippen LogP contribution in [0.3, 0.4) is 0 Å². The van der Waals surface area contributed by atoms with Crippen LogP contribution in [0.2, 0.25) is 0 Å². The number of amides is 1. The van der Waals surface area contributed by atoms with E-state index in [2.05, 4.69) is 5.32 Å².